The number of aliphatic hydroxyl groups is 4. The van der Waals surface area contributed by atoms with E-state index < -0.39 is 55.4 Å². The summed E-state index contributed by atoms with van der Waals surface area (Å²) in [6.45, 7) is 3.17. The number of unbranched alkanes of at least 4 members (excludes halogenated alkanes) is 12. The minimum Gasteiger partial charge on any atom is -0.462 e. The largest absolute Gasteiger partial charge is 0.462 e. The molecule has 0 aromatic heterocycles. The molecule has 1 aliphatic rings. The second kappa shape index (κ2) is 39.0. The van der Waals surface area contributed by atoms with Crippen molar-refractivity contribution in [3.63, 3.8) is 0 Å². The number of rotatable bonds is 36. The maximum atomic E-state index is 12.7. The summed E-state index contributed by atoms with van der Waals surface area (Å²) in [5.74, 6) is -0.966. The Labute approximate surface area is 356 Å². The van der Waals surface area contributed by atoms with E-state index in [1.807, 2.05) is 12.2 Å². The van der Waals surface area contributed by atoms with Crippen molar-refractivity contribution >= 4 is 11.9 Å². The summed E-state index contributed by atoms with van der Waals surface area (Å²) in [7, 11) is 0. The van der Waals surface area contributed by atoms with Gasteiger partial charge in [0.1, 0.15) is 31.0 Å². The van der Waals surface area contributed by atoms with Crippen molar-refractivity contribution in [3.05, 3.63) is 85.1 Å². The van der Waals surface area contributed by atoms with Crippen LogP contribution >= 0.6 is 0 Å². The van der Waals surface area contributed by atoms with Crippen molar-refractivity contribution in [2.45, 2.75) is 192 Å². The third kappa shape index (κ3) is 30.5. The molecule has 0 bridgehead atoms. The fourth-order valence-electron chi connectivity index (χ4n) is 6.23. The van der Waals surface area contributed by atoms with Crippen LogP contribution in [0.3, 0.4) is 0 Å². The molecule has 1 heterocycles. The molecule has 10 nitrogen and oxygen atoms in total. The number of hydrogen-bond donors (Lipinski definition) is 4. The molecule has 0 spiro atoms. The third-order valence-corrected chi connectivity index (χ3v) is 9.80. The lowest BCUT2D eigenvalue weighted by atomic mass is 9.99. The molecular weight excluding hydrogens is 749 g/mol. The number of aliphatic hydroxyl groups excluding tert-OH is 4. The Morgan fingerprint density at radius 1 is 0.559 bits per heavy atom. The molecule has 1 rings (SSSR count). The molecule has 1 aliphatic heterocycles. The van der Waals surface area contributed by atoms with Crippen LogP contribution in [0, 0.1) is 0 Å². The van der Waals surface area contributed by atoms with Crippen LogP contribution < -0.4 is 0 Å². The van der Waals surface area contributed by atoms with Crippen LogP contribution in [-0.2, 0) is 28.5 Å². The van der Waals surface area contributed by atoms with Crippen LogP contribution in [0.25, 0.3) is 0 Å². The quantitative estimate of drug-likeness (QED) is 0.0273. The van der Waals surface area contributed by atoms with E-state index in [4.69, 9.17) is 18.9 Å². The van der Waals surface area contributed by atoms with Gasteiger partial charge in [0.2, 0.25) is 0 Å². The molecule has 59 heavy (non-hydrogen) atoms. The molecule has 0 radical (unpaired) electrons. The first-order valence-corrected chi connectivity index (χ1v) is 22.7. The van der Waals surface area contributed by atoms with E-state index in [2.05, 4.69) is 80.7 Å². The lowest BCUT2D eigenvalue weighted by Crippen LogP contribution is -2.59. The number of ether oxygens (including phenoxy) is 4. The zero-order chi connectivity index (χ0) is 43.0. The van der Waals surface area contributed by atoms with Crippen molar-refractivity contribution in [2.24, 2.45) is 0 Å². The summed E-state index contributed by atoms with van der Waals surface area (Å²) in [6, 6.07) is 0. The Balaban J connectivity index is 2.37. The minimum atomic E-state index is -1.62. The van der Waals surface area contributed by atoms with Gasteiger partial charge in [-0.15, -0.1) is 0 Å². The molecule has 336 valence electrons. The van der Waals surface area contributed by atoms with Crippen LogP contribution in [0.5, 0.6) is 0 Å². The minimum absolute atomic E-state index is 0.00722. The Morgan fingerprint density at radius 2 is 1.05 bits per heavy atom. The molecule has 0 aromatic carbocycles. The zero-order valence-corrected chi connectivity index (χ0v) is 36.5. The number of hydrogen-bond acceptors (Lipinski definition) is 10. The highest BCUT2D eigenvalue weighted by molar-refractivity contribution is 5.71. The first-order valence-electron chi connectivity index (χ1n) is 22.7. The topological polar surface area (TPSA) is 152 Å². The molecule has 10 heteroatoms. The standard InChI is InChI=1S/C49H80O10/c1-3-5-7-9-11-13-15-17-19-20-21-22-24-25-27-29-31-33-35-37-44(51)56-40-42(41-57-49-48(55)47(54)46(53)43(39-50)59-49)58-45(52)38-36-34-32-30-28-26-23-18-16-14-12-10-8-6-4-2/h6,8,11-14,17-19,23,28,30,34,36,42-43,46-50,53-55H,3-5,7,9-10,15-16,20-22,24-27,29,31-33,35,37-41H2,1-2H3/b8-6-,13-11-,14-12-,19-17-,23-18-,30-28-,36-34-. The molecule has 0 aromatic rings. The van der Waals surface area contributed by atoms with Gasteiger partial charge in [-0.05, 0) is 70.6 Å². The maximum absolute atomic E-state index is 12.7. The van der Waals surface area contributed by atoms with E-state index in [0.717, 1.165) is 57.8 Å². The van der Waals surface area contributed by atoms with Gasteiger partial charge in [-0.1, -0.05) is 157 Å². The van der Waals surface area contributed by atoms with Gasteiger partial charge in [-0.2, -0.15) is 0 Å². The van der Waals surface area contributed by atoms with Gasteiger partial charge in [0.05, 0.1) is 19.6 Å². The van der Waals surface area contributed by atoms with Gasteiger partial charge in [-0.25, -0.2) is 0 Å². The Bertz CT molecular complexity index is 1230. The summed E-state index contributed by atoms with van der Waals surface area (Å²) >= 11 is 0. The molecule has 6 unspecified atom stereocenters. The lowest BCUT2D eigenvalue weighted by molar-refractivity contribution is -0.305. The van der Waals surface area contributed by atoms with Crippen molar-refractivity contribution < 1.29 is 49.0 Å². The van der Waals surface area contributed by atoms with Crippen LogP contribution in [-0.4, -0.2) is 89.0 Å². The van der Waals surface area contributed by atoms with Crippen molar-refractivity contribution in [1.29, 1.82) is 0 Å². The third-order valence-electron chi connectivity index (χ3n) is 9.80. The summed E-state index contributed by atoms with van der Waals surface area (Å²) in [5, 5.41) is 40.1. The van der Waals surface area contributed by atoms with E-state index in [0.29, 0.717) is 12.8 Å². The lowest BCUT2D eigenvalue weighted by Gasteiger charge is -2.39. The van der Waals surface area contributed by atoms with Crippen molar-refractivity contribution in [3.8, 4) is 0 Å². The van der Waals surface area contributed by atoms with Gasteiger partial charge >= 0.3 is 11.9 Å². The van der Waals surface area contributed by atoms with Crippen molar-refractivity contribution in [2.75, 3.05) is 19.8 Å². The monoisotopic (exact) mass is 829 g/mol. The summed E-state index contributed by atoms with van der Waals surface area (Å²) in [5.41, 5.74) is 0. The Morgan fingerprint density at radius 3 is 1.59 bits per heavy atom. The second-order valence-electron chi connectivity index (χ2n) is 15.1. The van der Waals surface area contributed by atoms with Gasteiger partial charge in [0.15, 0.2) is 12.4 Å². The zero-order valence-electron chi connectivity index (χ0n) is 36.5. The van der Waals surface area contributed by atoms with E-state index in [9.17, 15) is 30.0 Å². The van der Waals surface area contributed by atoms with Gasteiger partial charge in [0.25, 0.3) is 0 Å². The average molecular weight is 829 g/mol. The fraction of sp³-hybridized carbons (Fsp3) is 0.673. The highest BCUT2D eigenvalue weighted by atomic mass is 16.7. The maximum Gasteiger partial charge on any atom is 0.310 e. The molecule has 1 fully saturated rings. The molecule has 1 saturated heterocycles. The average Bonchev–Trinajstić information content (AvgIpc) is 3.23. The first kappa shape index (κ1) is 53.9. The highest BCUT2D eigenvalue weighted by Crippen LogP contribution is 2.22. The van der Waals surface area contributed by atoms with Gasteiger partial charge < -0.3 is 39.4 Å². The first-order chi connectivity index (χ1) is 28.8. The second-order valence-corrected chi connectivity index (χ2v) is 15.1. The van der Waals surface area contributed by atoms with Gasteiger partial charge in [-0.3, -0.25) is 9.59 Å². The highest BCUT2D eigenvalue weighted by Gasteiger charge is 2.44. The SMILES string of the molecule is CC/C=C\C/C=C\C/C=C\C/C=C\C/C=C\CC(=O)OC(COC(=O)CCCCCCCCCCC/C=C\C/C=C\CCCCC)COC1OC(CO)C(O)C(O)C1O. The normalized spacial score (nSPS) is 20.8. The molecule has 6 atom stereocenters. The van der Waals surface area contributed by atoms with Crippen molar-refractivity contribution in [1.82, 2.24) is 0 Å². The van der Waals surface area contributed by atoms with Crippen LogP contribution in [0.4, 0.5) is 0 Å². The van der Waals surface area contributed by atoms with E-state index in [1.54, 1.807) is 6.08 Å². The Hall–Kier alpha value is -3.12. The van der Waals surface area contributed by atoms with E-state index in [1.165, 1.54) is 57.8 Å². The summed E-state index contributed by atoms with van der Waals surface area (Å²) < 4.78 is 22.0. The van der Waals surface area contributed by atoms with Crippen LogP contribution in [0.2, 0.25) is 0 Å². The molecule has 0 amide bonds. The summed E-state index contributed by atoms with van der Waals surface area (Å²) in [6.07, 6.45) is 43.3. The summed E-state index contributed by atoms with van der Waals surface area (Å²) in [4.78, 5) is 25.3. The Kier molecular flexibility index (Phi) is 35.7. The van der Waals surface area contributed by atoms with E-state index in [-0.39, 0.29) is 26.1 Å². The number of esters is 2. The van der Waals surface area contributed by atoms with Crippen LogP contribution in [0.1, 0.15) is 155 Å². The number of carbonyl (C=O) groups excluding carboxylic acids is 2. The molecule has 0 saturated carbocycles. The van der Waals surface area contributed by atoms with Crippen LogP contribution in [0.15, 0.2) is 85.1 Å². The molecular formula is C49H80O10. The number of carbonyl (C=O) groups is 2. The smallest absolute Gasteiger partial charge is 0.310 e. The number of allylic oxidation sites excluding steroid dienone is 13. The van der Waals surface area contributed by atoms with Gasteiger partial charge in [0, 0.05) is 6.42 Å². The fourth-order valence-corrected chi connectivity index (χ4v) is 6.23. The predicted molar refractivity (Wildman–Crippen MR) is 237 cm³/mol. The molecule has 0 aliphatic carbocycles. The molecule has 4 N–H and O–H groups in total. The predicted octanol–water partition coefficient (Wildman–Crippen LogP) is 9.77. The van der Waals surface area contributed by atoms with E-state index >= 15 is 0 Å².